The Morgan fingerprint density at radius 3 is 2.70 bits per heavy atom. The highest BCUT2D eigenvalue weighted by molar-refractivity contribution is 5.93. The third-order valence-corrected chi connectivity index (χ3v) is 5.18. The molecule has 2 aromatic rings. The Labute approximate surface area is 157 Å². The van der Waals surface area contributed by atoms with Crippen molar-refractivity contribution < 1.29 is 14.3 Å². The van der Waals surface area contributed by atoms with Crippen molar-refractivity contribution in [2.45, 2.75) is 18.4 Å². The molecule has 2 saturated heterocycles. The van der Waals surface area contributed by atoms with E-state index in [9.17, 15) is 4.79 Å². The normalized spacial score (nSPS) is 19.1. The molecule has 1 amide bonds. The van der Waals surface area contributed by atoms with E-state index < -0.39 is 0 Å². The van der Waals surface area contributed by atoms with E-state index in [0.29, 0.717) is 37.7 Å². The summed E-state index contributed by atoms with van der Waals surface area (Å²) in [4.78, 5) is 25.3. The van der Waals surface area contributed by atoms with Crippen molar-refractivity contribution >= 4 is 11.7 Å². The van der Waals surface area contributed by atoms with Gasteiger partial charge < -0.3 is 19.3 Å². The van der Waals surface area contributed by atoms with Crippen molar-refractivity contribution in [3.63, 3.8) is 0 Å². The Kier molecular flexibility index (Phi) is 4.85. The molecule has 9 heteroatoms. The van der Waals surface area contributed by atoms with Gasteiger partial charge in [-0.25, -0.2) is 9.97 Å². The van der Waals surface area contributed by atoms with Gasteiger partial charge in [-0.3, -0.25) is 4.79 Å². The molecule has 0 aliphatic carbocycles. The minimum Gasteiger partial charge on any atom is -0.478 e. The number of morpholine rings is 1. The molecule has 0 bridgehead atoms. The van der Waals surface area contributed by atoms with Crippen molar-refractivity contribution in [2.75, 3.05) is 44.8 Å². The molecule has 2 aliphatic heterocycles. The van der Waals surface area contributed by atoms with E-state index >= 15 is 0 Å². The van der Waals surface area contributed by atoms with Gasteiger partial charge in [0.15, 0.2) is 5.82 Å². The Morgan fingerprint density at radius 1 is 1.15 bits per heavy atom. The van der Waals surface area contributed by atoms with Crippen LogP contribution in [0.5, 0.6) is 5.88 Å². The number of rotatable bonds is 3. The van der Waals surface area contributed by atoms with Gasteiger partial charge in [0, 0.05) is 38.6 Å². The van der Waals surface area contributed by atoms with Gasteiger partial charge in [-0.1, -0.05) is 0 Å². The summed E-state index contributed by atoms with van der Waals surface area (Å²) in [5.74, 6) is 1.25. The molecule has 4 heterocycles. The number of likely N-dealkylation sites (tertiary alicyclic amines) is 1. The molecule has 0 atom stereocenters. The van der Waals surface area contributed by atoms with E-state index in [0.717, 1.165) is 25.2 Å². The first-order valence-electron chi connectivity index (χ1n) is 9.01. The van der Waals surface area contributed by atoms with E-state index in [-0.39, 0.29) is 11.5 Å². The second kappa shape index (κ2) is 7.43. The Balaban J connectivity index is 1.44. The predicted octanol–water partition coefficient (Wildman–Crippen LogP) is 0.787. The number of carbonyl (C=O) groups excluding carboxylic acids is 1. The van der Waals surface area contributed by atoms with Crippen LogP contribution >= 0.6 is 0 Å². The summed E-state index contributed by atoms with van der Waals surface area (Å²) in [6.45, 7) is 3.35. The summed E-state index contributed by atoms with van der Waals surface area (Å²) in [6, 6.07) is 1.69. The maximum absolute atomic E-state index is 12.6. The highest BCUT2D eigenvalue weighted by Crippen LogP contribution is 2.34. The number of hydrogen-bond donors (Lipinski definition) is 0. The molecule has 0 radical (unpaired) electrons. The lowest BCUT2D eigenvalue weighted by Crippen LogP contribution is -2.57. The number of ether oxygens (including phenoxy) is 2. The quantitative estimate of drug-likeness (QED) is 0.783. The maximum atomic E-state index is 12.6. The van der Waals surface area contributed by atoms with E-state index in [1.165, 1.54) is 12.4 Å². The number of aromatic nitrogens is 4. The minimum atomic E-state index is -0.284. The molecule has 142 valence electrons. The molecule has 0 N–H and O–H groups in total. The summed E-state index contributed by atoms with van der Waals surface area (Å²) in [6.07, 6.45) is 7.88. The molecule has 4 rings (SSSR count). The second-order valence-corrected chi connectivity index (χ2v) is 6.77. The zero-order chi connectivity index (χ0) is 18.7. The fraction of sp³-hybridized carbons (Fsp3) is 0.500. The average Bonchev–Trinajstić information content (AvgIpc) is 2.74. The topological polar surface area (TPSA) is 93.6 Å². The van der Waals surface area contributed by atoms with Gasteiger partial charge in [-0.2, -0.15) is 10.2 Å². The van der Waals surface area contributed by atoms with Crippen molar-refractivity contribution in [1.29, 1.82) is 0 Å². The number of methoxy groups -OCH3 is 1. The van der Waals surface area contributed by atoms with Gasteiger partial charge in [0.05, 0.1) is 37.3 Å². The van der Waals surface area contributed by atoms with Gasteiger partial charge in [0.25, 0.3) is 11.8 Å². The van der Waals surface area contributed by atoms with Crippen LogP contribution in [0.1, 0.15) is 23.2 Å². The van der Waals surface area contributed by atoms with E-state index in [4.69, 9.17) is 9.47 Å². The molecule has 27 heavy (non-hydrogen) atoms. The number of piperidine rings is 1. The van der Waals surface area contributed by atoms with Crippen molar-refractivity contribution in [3.05, 3.63) is 36.4 Å². The van der Waals surface area contributed by atoms with E-state index in [1.54, 1.807) is 25.6 Å². The van der Waals surface area contributed by atoms with Crippen molar-refractivity contribution in [2.24, 2.45) is 0 Å². The van der Waals surface area contributed by atoms with Gasteiger partial charge in [0.1, 0.15) is 0 Å². The van der Waals surface area contributed by atoms with Crippen LogP contribution < -0.4 is 9.64 Å². The first-order chi connectivity index (χ1) is 13.2. The number of amides is 1. The molecule has 2 fully saturated rings. The molecular formula is C18H22N6O3. The molecule has 9 nitrogen and oxygen atoms in total. The Morgan fingerprint density at radius 2 is 1.96 bits per heavy atom. The second-order valence-electron chi connectivity index (χ2n) is 6.77. The van der Waals surface area contributed by atoms with Crippen LogP contribution in [0.4, 0.5) is 5.82 Å². The number of hydrogen-bond acceptors (Lipinski definition) is 8. The Bertz CT molecular complexity index is 795. The highest BCUT2D eigenvalue weighted by Gasteiger charge is 2.41. The lowest BCUT2D eigenvalue weighted by atomic mass is 9.89. The fourth-order valence-corrected chi connectivity index (χ4v) is 3.72. The monoisotopic (exact) mass is 370 g/mol. The number of anilines is 1. The number of nitrogens with zero attached hydrogens (tertiary/aromatic N) is 6. The first kappa shape index (κ1) is 17.6. The van der Waals surface area contributed by atoms with E-state index in [1.807, 2.05) is 4.90 Å². The summed E-state index contributed by atoms with van der Waals surface area (Å²) in [5, 5.41) is 7.52. The summed E-state index contributed by atoms with van der Waals surface area (Å²) in [5.41, 5.74) is 0.282. The van der Waals surface area contributed by atoms with Crippen LogP contribution in [-0.2, 0) is 4.74 Å². The van der Waals surface area contributed by atoms with Gasteiger partial charge in [0.2, 0.25) is 0 Å². The third kappa shape index (κ3) is 3.55. The minimum absolute atomic E-state index is 0.0111. The van der Waals surface area contributed by atoms with Crippen LogP contribution in [0.25, 0.3) is 0 Å². The van der Waals surface area contributed by atoms with Crippen molar-refractivity contribution in [3.8, 4) is 5.88 Å². The Hall–Kier alpha value is -2.81. The fourth-order valence-electron chi connectivity index (χ4n) is 3.72. The predicted molar refractivity (Wildman–Crippen MR) is 96.6 cm³/mol. The smallest absolute Gasteiger partial charge is 0.257 e. The largest absolute Gasteiger partial charge is 0.478 e. The molecule has 1 spiro atoms. The van der Waals surface area contributed by atoms with Gasteiger partial charge >= 0.3 is 0 Å². The summed E-state index contributed by atoms with van der Waals surface area (Å²) >= 11 is 0. The van der Waals surface area contributed by atoms with Crippen molar-refractivity contribution in [1.82, 2.24) is 25.1 Å². The maximum Gasteiger partial charge on any atom is 0.257 e. The molecule has 2 aliphatic rings. The van der Waals surface area contributed by atoms with E-state index in [2.05, 4.69) is 25.1 Å². The molecule has 2 aromatic heterocycles. The summed E-state index contributed by atoms with van der Waals surface area (Å²) < 4.78 is 11.5. The lowest BCUT2D eigenvalue weighted by molar-refractivity contribution is -0.0871. The first-order valence-corrected chi connectivity index (χ1v) is 9.01. The molecule has 0 aromatic carbocycles. The van der Waals surface area contributed by atoms with Crippen LogP contribution in [-0.4, -0.2) is 76.5 Å². The SMILES string of the molecule is COc1nccnc1N1CCOC2(CCN(C(=O)c3ccnnc3)CC2)C1. The molecular weight excluding hydrogens is 348 g/mol. The zero-order valence-electron chi connectivity index (χ0n) is 15.2. The summed E-state index contributed by atoms with van der Waals surface area (Å²) in [7, 11) is 1.60. The van der Waals surface area contributed by atoms with Crippen LogP contribution in [0.15, 0.2) is 30.9 Å². The van der Waals surface area contributed by atoms with Crippen LogP contribution in [0.3, 0.4) is 0 Å². The molecule has 0 unspecified atom stereocenters. The van der Waals surface area contributed by atoms with Crippen LogP contribution in [0, 0.1) is 0 Å². The number of carbonyl (C=O) groups is 1. The highest BCUT2D eigenvalue weighted by atomic mass is 16.5. The van der Waals surface area contributed by atoms with Gasteiger partial charge in [-0.05, 0) is 18.9 Å². The third-order valence-electron chi connectivity index (χ3n) is 5.18. The standard InChI is InChI=1S/C18H22N6O3/c1-26-16-15(19-6-7-20-16)24-10-11-27-18(13-24)3-8-23(9-4-18)17(25)14-2-5-21-22-12-14/h2,5-7,12H,3-4,8-11,13H2,1H3. The molecule has 0 saturated carbocycles. The lowest BCUT2D eigenvalue weighted by Gasteiger charge is -2.47. The van der Waals surface area contributed by atoms with Crippen LogP contribution in [0.2, 0.25) is 0 Å². The zero-order valence-corrected chi connectivity index (χ0v) is 15.2. The van der Waals surface area contributed by atoms with Gasteiger partial charge in [-0.15, -0.1) is 0 Å². The average molecular weight is 370 g/mol.